The Labute approximate surface area is 79.3 Å². The minimum absolute atomic E-state index is 0.0790. The van der Waals surface area contributed by atoms with Crippen molar-refractivity contribution in [1.82, 2.24) is 5.32 Å². The smallest absolute Gasteiger partial charge is 0.254 e. The van der Waals surface area contributed by atoms with Crippen molar-refractivity contribution in [3.05, 3.63) is 24.2 Å². The molecule has 0 fully saturated rings. The van der Waals surface area contributed by atoms with E-state index in [-0.39, 0.29) is 5.91 Å². The Morgan fingerprint density at radius 1 is 1.67 bits per heavy atom. The molecule has 0 aliphatic carbocycles. The van der Waals surface area contributed by atoms with Crippen molar-refractivity contribution >= 4 is 21.8 Å². The highest BCUT2D eigenvalue weighted by Gasteiger charge is 2.04. The lowest BCUT2D eigenvalue weighted by Gasteiger charge is -1.99. The molecule has 0 saturated carbocycles. The average molecular weight is 232 g/mol. The van der Waals surface area contributed by atoms with E-state index in [4.69, 9.17) is 4.42 Å². The van der Waals surface area contributed by atoms with Gasteiger partial charge in [0, 0.05) is 11.9 Å². The molecule has 0 aliphatic heterocycles. The highest BCUT2D eigenvalue weighted by Crippen LogP contribution is 1.98. The van der Waals surface area contributed by atoms with Gasteiger partial charge < -0.3 is 9.73 Å². The van der Waals surface area contributed by atoms with Crippen LogP contribution in [0.2, 0.25) is 0 Å². The van der Waals surface area contributed by atoms with E-state index in [2.05, 4.69) is 21.2 Å². The Hall–Kier alpha value is -0.770. The molecule has 3 nitrogen and oxygen atoms in total. The first kappa shape index (κ1) is 9.32. The van der Waals surface area contributed by atoms with Gasteiger partial charge in [-0.15, -0.1) is 0 Å². The van der Waals surface area contributed by atoms with E-state index in [0.717, 1.165) is 11.8 Å². The van der Waals surface area contributed by atoms with Crippen LogP contribution >= 0.6 is 15.9 Å². The molecule has 1 amide bonds. The standard InChI is InChI=1S/C8H10BrNO2/c9-3-1-4-10-8(11)7-2-5-12-6-7/h2,5-6H,1,3-4H2,(H,10,11). The van der Waals surface area contributed by atoms with Crippen LogP contribution in [0, 0.1) is 0 Å². The van der Waals surface area contributed by atoms with Crippen molar-refractivity contribution in [1.29, 1.82) is 0 Å². The van der Waals surface area contributed by atoms with Gasteiger partial charge in [-0.2, -0.15) is 0 Å². The van der Waals surface area contributed by atoms with Crippen molar-refractivity contribution in [2.24, 2.45) is 0 Å². The monoisotopic (exact) mass is 231 g/mol. The summed E-state index contributed by atoms with van der Waals surface area (Å²) in [6.07, 6.45) is 3.85. The van der Waals surface area contributed by atoms with E-state index in [1.54, 1.807) is 6.07 Å². The molecule has 66 valence electrons. The molecule has 0 spiro atoms. The van der Waals surface area contributed by atoms with Crippen LogP contribution in [-0.4, -0.2) is 17.8 Å². The lowest BCUT2D eigenvalue weighted by Crippen LogP contribution is -2.24. The molecule has 0 unspecified atom stereocenters. The van der Waals surface area contributed by atoms with Gasteiger partial charge in [0.15, 0.2) is 0 Å². The van der Waals surface area contributed by atoms with Crippen molar-refractivity contribution in [3.8, 4) is 0 Å². The van der Waals surface area contributed by atoms with Crippen LogP contribution in [0.5, 0.6) is 0 Å². The maximum atomic E-state index is 11.2. The van der Waals surface area contributed by atoms with Gasteiger partial charge in [-0.05, 0) is 12.5 Å². The number of furan rings is 1. The van der Waals surface area contributed by atoms with Crippen LogP contribution in [-0.2, 0) is 0 Å². The number of hydrogen-bond donors (Lipinski definition) is 1. The highest BCUT2D eigenvalue weighted by molar-refractivity contribution is 9.09. The fourth-order valence-electron chi connectivity index (χ4n) is 0.764. The summed E-state index contributed by atoms with van der Waals surface area (Å²) in [4.78, 5) is 11.2. The molecule has 1 rings (SSSR count). The van der Waals surface area contributed by atoms with E-state index < -0.39 is 0 Å². The second-order valence-corrected chi connectivity index (χ2v) is 3.10. The Bertz CT molecular complexity index is 233. The molecule has 1 N–H and O–H groups in total. The molecule has 0 bridgehead atoms. The van der Waals surface area contributed by atoms with Gasteiger partial charge >= 0.3 is 0 Å². The van der Waals surface area contributed by atoms with Gasteiger partial charge in [0.2, 0.25) is 0 Å². The van der Waals surface area contributed by atoms with Gasteiger partial charge in [0.05, 0.1) is 11.8 Å². The van der Waals surface area contributed by atoms with Crippen molar-refractivity contribution in [3.63, 3.8) is 0 Å². The molecule has 4 heteroatoms. The quantitative estimate of drug-likeness (QED) is 0.635. The van der Waals surface area contributed by atoms with Crippen LogP contribution < -0.4 is 5.32 Å². The zero-order valence-corrected chi connectivity index (χ0v) is 8.13. The lowest BCUT2D eigenvalue weighted by molar-refractivity contribution is 0.0953. The van der Waals surface area contributed by atoms with Crippen LogP contribution in [0.4, 0.5) is 0 Å². The zero-order chi connectivity index (χ0) is 8.81. The predicted octanol–water partition coefficient (Wildman–Crippen LogP) is 1.79. The average Bonchev–Trinajstić information content (AvgIpc) is 2.56. The molecular formula is C8H10BrNO2. The van der Waals surface area contributed by atoms with Crippen LogP contribution in [0.25, 0.3) is 0 Å². The van der Waals surface area contributed by atoms with Crippen molar-refractivity contribution in [2.45, 2.75) is 6.42 Å². The third-order valence-electron chi connectivity index (χ3n) is 1.38. The maximum absolute atomic E-state index is 11.2. The third-order valence-corrected chi connectivity index (χ3v) is 1.94. The number of rotatable bonds is 4. The fraction of sp³-hybridized carbons (Fsp3) is 0.375. The molecule has 1 aromatic rings. The summed E-state index contributed by atoms with van der Waals surface area (Å²) in [7, 11) is 0. The molecule has 0 saturated heterocycles. The zero-order valence-electron chi connectivity index (χ0n) is 6.55. The maximum Gasteiger partial charge on any atom is 0.254 e. The summed E-state index contributed by atoms with van der Waals surface area (Å²) >= 11 is 3.28. The first-order valence-electron chi connectivity index (χ1n) is 3.71. The van der Waals surface area contributed by atoms with Crippen molar-refractivity contribution in [2.75, 3.05) is 11.9 Å². The predicted molar refractivity (Wildman–Crippen MR) is 49.5 cm³/mol. The number of hydrogen-bond acceptors (Lipinski definition) is 2. The number of carbonyl (C=O) groups is 1. The largest absolute Gasteiger partial charge is 0.472 e. The van der Waals surface area contributed by atoms with Crippen molar-refractivity contribution < 1.29 is 9.21 Å². The van der Waals surface area contributed by atoms with E-state index in [0.29, 0.717) is 12.1 Å². The highest BCUT2D eigenvalue weighted by atomic mass is 79.9. The summed E-state index contributed by atoms with van der Waals surface area (Å²) in [5.41, 5.74) is 0.574. The number of alkyl halides is 1. The second-order valence-electron chi connectivity index (χ2n) is 2.31. The molecule has 0 aromatic carbocycles. The van der Waals surface area contributed by atoms with Gasteiger partial charge in [0.25, 0.3) is 5.91 Å². The molecule has 0 radical (unpaired) electrons. The Morgan fingerprint density at radius 2 is 2.50 bits per heavy atom. The number of nitrogens with one attached hydrogen (secondary N) is 1. The molecule has 0 aliphatic rings. The molecular weight excluding hydrogens is 222 g/mol. The Kier molecular flexibility index (Phi) is 3.87. The minimum atomic E-state index is -0.0790. The summed E-state index contributed by atoms with van der Waals surface area (Å²) in [6.45, 7) is 0.690. The van der Waals surface area contributed by atoms with Crippen LogP contribution in [0.15, 0.2) is 23.0 Å². The summed E-state index contributed by atoms with van der Waals surface area (Å²) in [5.74, 6) is -0.0790. The van der Waals surface area contributed by atoms with E-state index in [1.807, 2.05) is 0 Å². The SMILES string of the molecule is O=C(NCCCBr)c1ccoc1. The van der Waals surface area contributed by atoms with Gasteiger partial charge in [0.1, 0.15) is 6.26 Å². The van der Waals surface area contributed by atoms with E-state index in [1.165, 1.54) is 12.5 Å². The summed E-state index contributed by atoms with van der Waals surface area (Å²) in [5, 5.41) is 3.66. The fourth-order valence-corrected chi connectivity index (χ4v) is 1.04. The van der Waals surface area contributed by atoms with Crippen LogP contribution in [0.1, 0.15) is 16.8 Å². The number of carbonyl (C=O) groups excluding carboxylic acids is 1. The molecule has 0 atom stereocenters. The first-order chi connectivity index (χ1) is 5.84. The molecule has 1 heterocycles. The summed E-state index contributed by atoms with van der Waals surface area (Å²) in [6, 6.07) is 1.64. The van der Waals surface area contributed by atoms with Gasteiger partial charge in [-0.1, -0.05) is 15.9 Å². The van der Waals surface area contributed by atoms with Gasteiger partial charge in [-0.25, -0.2) is 0 Å². The topological polar surface area (TPSA) is 42.2 Å². The molecule has 1 aromatic heterocycles. The normalized spacial score (nSPS) is 9.75. The van der Waals surface area contributed by atoms with E-state index in [9.17, 15) is 4.79 Å². The summed E-state index contributed by atoms with van der Waals surface area (Å²) < 4.78 is 4.77. The number of halogens is 1. The Morgan fingerprint density at radius 3 is 3.08 bits per heavy atom. The van der Waals surface area contributed by atoms with Crippen LogP contribution in [0.3, 0.4) is 0 Å². The first-order valence-corrected chi connectivity index (χ1v) is 4.83. The minimum Gasteiger partial charge on any atom is -0.472 e. The third kappa shape index (κ3) is 2.70. The van der Waals surface area contributed by atoms with Gasteiger partial charge in [-0.3, -0.25) is 4.79 Å². The van der Waals surface area contributed by atoms with E-state index >= 15 is 0 Å². The number of amides is 1. The lowest BCUT2D eigenvalue weighted by atomic mass is 10.3. The molecule has 12 heavy (non-hydrogen) atoms. The Balaban J connectivity index is 2.30. The second kappa shape index (κ2) is 4.98.